The summed E-state index contributed by atoms with van der Waals surface area (Å²) in [5.74, 6) is 0.852. The lowest BCUT2D eigenvalue weighted by molar-refractivity contribution is 0.703. The molecule has 0 aliphatic carbocycles. The molecule has 2 aromatic heterocycles. The molecule has 0 aliphatic rings. The molecule has 0 aromatic carbocycles. The number of hydrogen-bond acceptors (Lipinski definition) is 4. The van der Waals surface area contributed by atoms with Gasteiger partial charge >= 0.3 is 0 Å². The van der Waals surface area contributed by atoms with Crippen LogP contribution < -0.4 is 5.32 Å². The Balaban J connectivity index is 2.42. The molecule has 0 unspecified atom stereocenters. The first-order valence-corrected chi connectivity index (χ1v) is 5.20. The van der Waals surface area contributed by atoms with Gasteiger partial charge in [0.2, 0.25) is 0 Å². The van der Waals surface area contributed by atoms with Crippen LogP contribution in [0.2, 0.25) is 0 Å². The highest BCUT2D eigenvalue weighted by molar-refractivity contribution is 5.36. The Bertz CT molecular complexity index is 448. The zero-order valence-corrected chi connectivity index (χ0v) is 9.06. The summed E-state index contributed by atoms with van der Waals surface area (Å²) in [7, 11) is 1.89. The Morgan fingerprint density at radius 1 is 1.33 bits per heavy atom. The minimum Gasteiger partial charge on any atom is -0.313 e. The molecule has 0 saturated carbocycles. The molecule has 0 saturated heterocycles. The summed E-state index contributed by atoms with van der Waals surface area (Å²) in [6, 6.07) is 3.97. The normalized spacial score (nSPS) is 11.1. The van der Waals surface area contributed by atoms with Crippen molar-refractivity contribution in [2.24, 2.45) is 0 Å². The van der Waals surface area contributed by atoms with Crippen LogP contribution in [0.15, 0.2) is 12.1 Å². The molecule has 15 heavy (non-hydrogen) atoms. The summed E-state index contributed by atoms with van der Waals surface area (Å²) in [6.45, 7) is 2.83. The van der Waals surface area contributed by atoms with Crippen LogP contribution in [0.25, 0.3) is 5.65 Å². The van der Waals surface area contributed by atoms with E-state index in [-0.39, 0.29) is 0 Å². The van der Waals surface area contributed by atoms with E-state index < -0.39 is 0 Å². The Morgan fingerprint density at radius 3 is 2.93 bits per heavy atom. The predicted octanol–water partition coefficient (Wildman–Crippen LogP) is 0.796. The molecule has 5 nitrogen and oxygen atoms in total. The summed E-state index contributed by atoms with van der Waals surface area (Å²) in [5, 5.41) is 15.7. The van der Waals surface area contributed by atoms with Crippen LogP contribution in [0.4, 0.5) is 0 Å². The quantitative estimate of drug-likeness (QED) is 0.802. The van der Waals surface area contributed by atoms with Gasteiger partial charge in [0.05, 0.1) is 12.2 Å². The second kappa shape index (κ2) is 4.35. The number of hydrogen-bond donors (Lipinski definition) is 1. The summed E-state index contributed by atoms with van der Waals surface area (Å²) in [5.41, 5.74) is 1.89. The topological polar surface area (TPSA) is 55.1 Å². The third kappa shape index (κ3) is 1.97. The molecule has 0 atom stereocenters. The van der Waals surface area contributed by atoms with Gasteiger partial charge in [0.15, 0.2) is 11.5 Å². The molecule has 2 rings (SSSR count). The second-order valence-electron chi connectivity index (χ2n) is 3.49. The molecule has 5 heteroatoms. The minimum atomic E-state index is 0.684. The molecule has 0 spiro atoms. The SMILES string of the molecule is CCCc1ccc2nnc(CNC)n2n1. The third-order valence-corrected chi connectivity index (χ3v) is 2.22. The maximum atomic E-state index is 4.50. The molecule has 0 amide bonds. The fraction of sp³-hybridized carbons (Fsp3) is 0.500. The van der Waals surface area contributed by atoms with Crippen molar-refractivity contribution in [1.82, 2.24) is 25.1 Å². The van der Waals surface area contributed by atoms with Gasteiger partial charge in [0, 0.05) is 0 Å². The van der Waals surface area contributed by atoms with Crippen molar-refractivity contribution in [1.29, 1.82) is 0 Å². The van der Waals surface area contributed by atoms with Gasteiger partial charge in [0.1, 0.15) is 0 Å². The monoisotopic (exact) mass is 205 g/mol. The Labute approximate surface area is 88.5 Å². The molecule has 0 bridgehead atoms. The van der Waals surface area contributed by atoms with E-state index in [1.807, 2.05) is 23.7 Å². The number of nitrogens with one attached hydrogen (secondary N) is 1. The Morgan fingerprint density at radius 2 is 2.20 bits per heavy atom. The second-order valence-corrected chi connectivity index (χ2v) is 3.49. The van der Waals surface area contributed by atoms with Gasteiger partial charge in [-0.3, -0.25) is 0 Å². The zero-order chi connectivity index (χ0) is 10.7. The van der Waals surface area contributed by atoms with Crippen molar-refractivity contribution in [3.05, 3.63) is 23.7 Å². The van der Waals surface area contributed by atoms with Gasteiger partial charge in [-0.25, -0.2) is 0 Å². The van der Waals surface area contributed by atoms with Crippen LogP contribution in [-0.4, -0.2) is 26.9 Å². The van der Waals surface area contributed by atoms with E-state index in [2.05, 4.69) is 27.5 Å². The van der Waals surface area contributed by atoms with E-state index >= 15 is 0 Å². The Kier molecular flexibility index (Phi) is 2.91. The molecule has 0 aliphatic heterocycles. The van der Waals surface area contributed by atoms with Crippen LogP contribution in [0.5, 0.6) is 0 Å². The maximum absolute atomic E-state index is 4.50. The molecule has 0 radical (unpaired) electrons. The van der Waals surface area contributed by atoms with Crippen LogP contribution in [-0.2, 0) is 13.0 Å². The highest BCUT2D eigenvalue weighted by atomic mass is 15.4. The number of fused-ring (bicyclic) bond motifs is 1. The fourth-order valence-electron chi connectivity index (χ4n) is 1.53. The molecular weight excluding hydrogens is 190 g/mol. The summed E-state index contributed by atoms with van der Waals surface area (Å²) in [4.78, 5) is 0. The maximum Gasteiger partial charge on any atom is 0.177 e. The molecule has 1 N–H and O–H groups in total. The summed E-state index contributed by atoms with van der Waals surface area (Å²) < 4.78 is 1.81. The molecule has 0 fully saturated rings. The number of aromatic nitrogens is 4. The van der Waals surface area contributed by atoms with Crippen LogP contribution >= 0.6 is 0 Å². The van der Waals surface area contributed by atoms with Gasteiger partial charge in [-0.2, -0.15) is 9.61 Å². The molecule has 2 aromatic rings. The predicted molar refractivity (Wildman–Crippen MR) is 57.5 cm³/mol. The first-order valence-electron chi connectivity index (χ1n) is 5.20. The van der Waals surface area contributed by atoms with E-state index in [0.717, 1.165) is 30.0 Å². The van der Waals surface area contributed by atoms with Gasteiger partial charge < -0.3 is 5.32 Å². The molecule has 2 heterocycles. The van der Waals surface area contributed by atoms with Crippen LogP contribution in [0, 0.1) is 0 Å². The summed E-state index contributed by atoms with van der Waals surface area (Å²) >= 11 is 0. The van der Waals surface area contributed by atoms with Crippen LogP contribution in [0.3, 0.4) is 0 Å². The number of nitrogens with zero attached hydrogens (tertiary/aromatic N) is 4. The largest absolute Gasteiger partial charge is 0.313 e. The number of rotatable bonds is 4. The molecule has 80 valence electrons. The van der Waals surface area contributed by atoms with Crippen LogP contribution in [0.1, 0.15) is 24.9 Å². The van der Waals surface area contributed by atoms with Crippen molar-refractivity contribution < 1.29 is 0 Å². The lowest BCUT2D eigenvalue weighted by atomic mass is 10.2. The number of aryl methyl sites for hydroxylation is 1. The van der Waals surface area contributed by atoms with Crippen molar-refractivity contribution in [3.63, 3.8) is 0 Å². The van der Waals surface area contributed by atoms with Crippen molar-refractivity contribution in [2.75, 3.05) is 7.05 Å². The Hall–Kier alpha value is -1.49. The molecular formula is C10H15N5. The summed E-state index contributed by atoms with van der Waals surface area (Å²) in [6.07, 6.45) is 2.09. The zero-order valence-electron chi connectivity index (χ0n) is 9.06. The average Bonchev–Trinajstić information content (AvgIpc) is 2.63. The lowest BCUT2D eigenvalue weighted by Crippen LogP contribution is -2.10. The standard InChI is InChI=1S/C10H15N5/c1-3-4-8-5-6-9-12-13-10(7-11-2)15(9)14-8/h5-6,11H,3-4,7H2,1-2H3. The van der Waals surface area contributed by atoms with Crippen molar-refractivity contribution in [2.45, 2.75) is 26.3 Å². The first-order chi connectivity index (χ1) is 7.35. The third-order valence-electron chi connectivity index (χ3n) is 2.22. The van der Waals surface area contributed by atoms with E-state index in [1.165, 1.54) is 0 Å². The highest BCUT2D eigenvalue weighted by Gasteiger charge is 2.05. The lowest BCUT2D eigenvalue weighted by Gasteiger charge is -2.00. The van der Waals surface area contributed by atoms with Gasteiger partial charge in [-0.15, -0.1) is 10.2 Å². The van der Waals surface area contributed by atoms with E-state index in [1.54, 1.807) is 0 Å². The van der Waals surface area contributed by atoms with Gasteiger partial charge in [-0.1, -0.05) is 13.3 Å². The van der Waals surface area contributed by atoms with E-state index in [4.69, 9.17) is 0 Å². The average molecular weight is 205 g/mol. The minimum absolute atomic E-state index is 0.684. The smallest absolute Gasteiger partial charge is 0.177 e. The van der Waals surface area contributed by atoms with E-state index in [0.29, 0.717) is 6.54 Å². The van der Waals surface area contributed by atoms with Crippen molar-refractivity contribution in [3.8, 4) is 0 Å². The van der Waals surface area contributed by atoms with Gasteiger partial charge in [0.25, 0.3) is 0 Å². The fourth-order valence-corrected chi connectivity index (χ4v) is 1.53. The van der Waals surface area contributed by atoms with Crippen molar-refractivity contribution >= 4 is 5.65 Å². The van der Waals surface area contributed by atoms with E-state index in [9.17, 15) is 0 Å². The first kappa shape index (κ1) is 10.0. The highest BCUT2D eigenvalue weighted by Crippen LogP contribution is 2.04. The van der Waals surface area contributed by atoms with Gasteiger partial charge in [-0.05, 0) is 25.6 Å².